The fourth-order valence-corrected chi connectivity index (χ4v) is 9.84. The molecular formula is C60H41N3. The van der Waals surface area contributed by atoms with Crippen LogP contribution in [0, 0.1) is 0 Å². The average molecular weight is 804 g/mol. The van der Waals surface area contributed by atoms with E-state index in [1.165, 1.54) is 65.9 Å². The van der Waals surface area contributed by atoms with E-state index in [4.69, 9.17) is 0 Å². The summed E-state index contributed by atoms with van der Waals surface area (Å²) in [5.41, 5.74) is 17.3. The number of fused-ring (bicyclic) bond motifs is 6. The summed E-state index contributed by atoms with van der Waals surface area (Å²) >= 11 is 0. The third-order valence-corrected chi connectivity index (χ3v) is 12.5. The minimum Gasteiger partial charge on any atom is -0.309 e. The number of para-hydroxylation sites is 5. The highest BCUT2D eigenvalue weighted by molar-refractivity contribution is 6.17. The summed E-state index contributed by atoms with van der Waals surface area (Å²) in [6.45, 7) is 0. The molecule has 12 aromatic rings. The van der Waals surface area contributed by atoms with Crippen molar-refractivity contribution in [1.29, 1.82) is 0 Å². The fraction of sp³-hybridized carbons (Fsp3) is 0. The minimum atomic E-state index is 1.07. The Kier molecular flexibility index (Phi) is 8.83. The number of rotatable bonds is 8. The maximum atomic E-state index is 2.48. The normalized spacial score (nSPS) is 11.5. The van der Waals surface area contributed by atoms with Gasteiger partial charge < -0.3 is 14.0 Å². The van der Waals surface area contributed by atoms with Crippen molar-refractivity contribution in [2.24, 2.45) is 0 Å². The van der Waals surface area contributed by atoms with Gasteiger partial charge in [0.2, 0.25) is 0 Å². The van der Waals surface area contributed by atoms with Crippen molar-refractivity contribution >= 4 is 60.7 Å². The van der Waals surface area contributed by atoms with Gasteiger partial charge in [0.1, 0.15) is 0 Å². The summed E-state index contributed by atoms with van der Waals surface area (Å²) in [7, 11) is 0. The zero-order valence-corrected chi connectivity index (χ0v) is 34.5. The lowest BCUT2D eigenvalue weighted by atomic mass is 9.88. The number of hydrogen-bond acceptors (Lipinski definition) is 1. The summed E-state index contributed by atoms with van der Waals surface area (Å²) in [5.74, 6) is 0. The van der Waals surface area contributed by atoms with Gasteiger partial charge in [-0.3, -0.25) is 0 Å². The Labute approximate surface area is 366 Å². The molecule has 0 amide bonds. The SMILES string of the molecule is c1ccc(-c2ccccc2-c2ccccc2-c2ccccc2N(c2ccc(-n3c4ccccc4c4ccccc43)cc2)c2cccc3c2c2ccccc2n3-c2ccccc2)cc1. The van der Waals surface area contributed by atoms with E-state index < -0.39 is 0 Å². The molecular weight excluding hydrogens is 763 g/mol. The van der Waals surface area contributed by atoms with E-state index in [2.05, 4.69) is 263 Å². The number of nitrogens with zero attached hydrogens (tertiary/aromatic N) is 3. The highest BCUT2D eigenvalue weighted by Crippen LogP contribution is 2.48. The Morgan fingerprint density at radius 2 is 0.667 bits per heavy atom. The van der Waals surface area contributed by atoms with Crippen molar-refractivity contribution in [2.45, 2.75) is 0 Å². The van der Waals surface area contributed by atoms with Gasteiger partial charge >= 0.3 is 0 Å². The maximum absolute atomic E-state index is 2.48. The molecule has 0 bridgehead atoms. The molecule has 0 saturated carbocycles. The fourth-order valence-electron chi connectivity index (χ4n) is 9.84. The summed E-state index contributed by atoms with van der Waals surface area (Å²) in [5, 5.41) is 4.90. The molecule has 3 nitrogen and oxygen atoms in total. The van der Waals surface area contributed by atoms with Crippen LogP contribution >= 0.6 is 0 Å². The van der Waals surface area contributed by atoms with Crippen LogP contribution in [0.5, 0.6) is 0 Å². The molecule has 0 aliphatic heterocycles. The van der Waals surface area contributed by atoms with Gasteiger partial charge in [0.15, 0.2) is 0 Å². The third kappa shape index (κ3) is 6.05. The first kappa shape index (κ1) is 36.5. The molecule has 63 heavy (non-hydrogen) atoms. The molecule has 0 fully saturated rings. The molecule has 3 heteroatoms. The lowest BCUT2D eigenvalue weighted by Crippen LogP contribution is -2.12. The Bertz CT molecular complexity index is 3560. The van der Waals surface area contributed by atoms with Crippen molar-refractivity contribution in [3.63, 3.8) is 0 Å². The zero-order chi connectivity index (χ0) is 41.7. The van der Waals surface area contributed by atoms with Crippen molar-refractivity contribution in [3.8, 4) is 44.8 Å². The number of anilines is 3. The Balaban J connectivity index is 1.11. The first-order valence-electron chi connectivity index (χ1n) is 21.6. The first-order valence-corrected chi connectivity index (χ1v) is 21.6. The van der Waals surface area contributed by atoms with Crippen molar-refractivity contribution in [3.05, 3.63) is 249 Å². The highest BCUT2D eigenvalue weighted by atomic mass is 15.2. The summed E-state index contributed by atoms with van der Waals surface area (Å²) in [6, 6.07) is 90.2. The van der Waals surface area contributed by atoms with E-state index in [1.807, 2.05) is 0 Å². The average Bonchev–Trinajstić information content (AvgIpc) is 3.89. The predicted molar refractivity (Wildman–Crippen MR) is 266 cm³/mol. The van der Waals surface area contributed by atoms with E-state index in [0.717, 1.165) is 39.5 Å². The molecule has 0 aliphatic carbocycles. The molecule has 0 aliphatic rings. The molecule has 2 aromatic heterocycles. The highest BCUT2D eigenvalue weighted by Gasteiger charge is 2.24. The lowest BCUT2D eigenvalue weighted by molar-refractivity contribution is 1.17. The summed E-state index contributed by atoms with van der Waals surface area (Å²) in [4.78, 5) is 2.48. The predicted octanol–water partition coefficient (Wildman–Crippen LogP) is 16.4. The molecule has 0 atom stereocenters. The molecule has 10 aromatic carbocycles. The van der Waals surface area contributed by atoms with Gasteiger partial charge in [-0.25, -0.2) is 0 Å². The molecule has 2 heterocycles. The van der Waals surface area contributed by atoms with Crippen LogP contribution in [0.2, 0.25) is 0 Å². The Morgan fingerprint density at radius 1 is 0.254 bits per heavy atom. The van der Waals surface area contributed by atoms with Gasteiger partial charge in [-0.2, -0.15) is 0 Å². The van der Waals surface area contributed by atoms with Crippen LogP contribution in [0.15, 0.2) is 249 Å². The molecule has 12 rings (SSSR count). The smallest absolute Gasteiger partial charge is 0.0562 e. The molecule has 0 radical (unpaired) electrons. The lowest BCUT2D eigenvalue weighted by Gasteiger charge is -2.29. The molecule has 0 N–H and O–H groups in total. The van der Waals surface area contributed by atoms with Crippen LogP contribution in [0.25, 0.3) is 88.4 Å². The largest absolute Gasteiger partial charge is 0.309 e. The molecule has 296 valence electrons. The second kappa shape index (κ2) is 15.3. The monoisotopic (exact) mass is 803 g/mol. The van der Waals surface area contributed by atoms with Crippen LogP contribution in [0.1, 0.15) is 0 Å². The van der Waals surface area contributed by atoms with Crippen LogP contribution in [0.3, 0.4) is 0 Å². The topological polar surface area (TPSA) is 13.1 Å². The zero-order valence-electron chi connectivity index (χ0n) is 34.5. The van der Waals surface area contributed by atoms with Crippen LogP contribution in [-0.2, 0) is 0 Å². The maximum Gasteiger partial charge on any atom is 0.0562 e. The van der Waals surface area contributed by atoms with E-state index in [0.29, 0.717) is 0 Å². The van der Waals surface area contributed by atoms with E-state index in [9.17, 15) is 0 Å². The number of hydrogen-bond donors (Lipinski definition) is 0. The van der Waals surface area contributed by atoms with Gasteiger partial charge in [-0.15, -0.1) is 0 Å². The minimum absolute atomic E-state index is 1.07. The van der Waals surface area contributed by atoms with Crippen molar-refractivity contribution in [1.82, 2.24) is 9.13 Å². The van der Waals surface area contributed by atoms with Gasteiger partial charge in [-0.1, -0.05) is 176 Å². The molecule has 0 unspecified atom stereocenters. The van der Waals surface area contributed by atoms with Crippen molar-refractivity contribution < 1.29 is 0 Å². The molecule has 0 spiro atoms. The van der Waals surface area contributed by atoms with Gasteiger partial charge in [0, 0.05) is 44.2 Å². The second-order valence-corrected chi connectivity index (χ2v) is 16.1. The summed E-state index contributed by atoms with van der Waals surface area (Å²) in [6.07, 6.45) is 0. The Hall–Kier alpha value is -8.40. The van der Waals surface area contributed by atoms with E-state index in [-0.39, 0.29) is 0 Å². The van der Waals surface area contributed by atoms with Crippen molar-refractivity contribution in [2.75, 3.05) is 4.90 Å². The standard InChI is InChI=1S/C60H41N3/c1-3-20-42(21-4-1)46-24-7-8-25-47(46)48-26-9-10-27-49(48)50-28-11-15-32-54(50)63(45-40-38-44(39-41-45)61-55-33-16-12-29-51(55)52-30-13-17-34-56(52)61)59-37-19-36-58-60(59)53-31-14-18-35-57(53)62(58)43-22-5-2-6-23-43/h1-41H. The van der Waals surface area contributed by atoms with Gasteiger partial charge in [0.05, 0.1) is 33.4 Å². The van der Waals surface area contributed by atoms with Crippen LogP contribution < -0.4 is 4.90 Å². The van der Waals surface area contributed by atoms with Gasteiger partial charge in [0.25, 0.3) is 0 Å². The summed E-state index contributed by atoms with van der Waals surface area (Å²) < 4.78 is 4.79. The van der Waals surface area contributed by atoms with E-state index >= 15 is 0 Å². The third-order valence-electron chi connectivity index (χ3n) is 12.5. The Morgan fingerprint density at radius 3 is 1.32 bits per heavy atom. The van der Waals surface area contributed by atoms with Crippen LogP contribution in [0.4, 0.5) is 17.1 Å². The number of aromatic nitrogens is 2. The second-order valence-electron chi connectivity index (χ2n) is 16.1. The van der Waals surface area contributed by atoms with Crippen LogP contribution in [-0.4, -0.2) is 9.13 Å². The quantitative estimate of drug-likeness (QED) is 0.149. The van der Waals surface area contributed by atoms with E-state index in [1.54, 1.807) is 0 Å². The molecule has 0 saturated heterocycles. The first-order chi connectivity index (χ1) is 31.3. The van der Waals surface area contributed by atoms with Gasteiger partial charge in [-0.05, 0) is 101 Å². The number of benzene rings is 10.